The Bertz CT molecular complexity index is 171. The van der Waals surface area contributed by atoms with Gasteiger partial charge in [-0.25, -0.2) is 0 Å². The highest BCUT2D eigenvalue weighted by Gasteiger charge is 1.85. The first-order valence-corrected chi connectivity index (χ1v) is 3.10. The molecule has 8 heavy (non-hydrogen) atoms. The van der Waals surface area contributed by atoms with Gasteiger partial charge in [0.2, 0.25) is 0 Å². The van der Waals surface area contributed by atoms with Gasteiger partial charge in [-0.1, -0.05) is 0 Å². The van der Waals surface area contributed by atoms with Gasteiger partial charge in [0, 0.05) is 3.57 Å². The summed E-state index contributed by atoms with van der Waals surface area (Å²) < 4.78 is 1.01. The molecule has 1 rings (SSSR count). The van der Waals surface area contributed by atoms with E-state index in [9.17, 15) is 0 Å². The van der Waals surface area contributed by atoms with Crippen molar-refractivity contribution in [2.24, 2.45) is 0 Å². The van der Waals surface area contributed by atoms with E-state index < -0.39 is 0 Å². The molecule has 0 saturated carbocycles. The molecule has 1 aromatic heterocycles. The van der Waals surface area contributed by atoms with E-state index in [-0.39, 0.29) is 0 Å². The number of nitrogens with two attached hydrogens (primary N) is 1. The van der Waals surface area contributed by atoms with Gasteiger partial charge in [-0.05, 0) is 28.7 Å². The summed E-state index contributed by atoms with van der Waals surface area (Å²) in [6.45, 7) is 0. The van der Waals surface area contributed by atoms with Gasteiger partial charge in [-0.15, -0.1) is 5.10 Å². The fourth-order valence-corrected chi connectivity index (χ4v) is 0.802. The maximum absolute atomic E-state index is 5.28. The van der Waals surface area contributed by atoms with Gasteiger partial charge in [0.1, 0.15) is 5.82 Å². The standard InChI is InChI=1S/C4H4IN3/c5-3-1-4(6)8-7-2-3/h1-2H,(H2,6,8). The normalized spacial score (nSPS) is 9.12. The van der Waals surface area contributed by atoms with Crippen molar-refractivity contribution in [1.82, 2.24) is 10.2 Å². The fraction of sp³-hybridized carbons (Fsp3) is 0. The predicted molar refractivity (Wildman–Crippen MR) is 39.2 cm³/mol. The van der Waals surface area contributed by atoms with Crippen molar-refractivity contribution in [3.8, 4) is 0 Å². The fourth-order valence-electron chi connectivity index (χ4n) is 0.358. The molecule has 0 aromatic carbocycles. The maximum Gasteiger partial charge on any atom is 0.147 e. The Hall–Kier alpha value is -0.390. The van der Waals surface area contributed by atoms with Gasteiger partial charge in [0.05, 0.1) is 6.20 Å². The zero-order valence-electron chi connectivity index (χ0n) is 4.00. The maximum atomic E-state index is 5.28. The van der Waals surface area contributed by atoms with E-state index in [0.717, 1.165) is 3.57 Å². The largest absolute Gasteiger partial charge is 0.382 e. The van der Waals surface area contributed by atoms with E-state index in [0.29, 0.717) is 5.82 Å². The number of nitrogen functional groups attached to an aromatic ring is 1. The van der Waals surface area contributed by atoms with Crippen LogP contribution in [0.15, 0.2) is 12.3 Å². The van der Waals surface area contributed by atoms with E-state index in [1.165, 1.54) is 0 Å². The van der Waals surface area contributed by atoms with Crippen molar-refractivity contribution in [2.75, 3.05) is 5.73 Å². The number of anilines is 1. The third-order valence-electron chi connectivity index (χ3n) is 0.640. The molecule has 0 aliphatic rings. The summed E-state index contributed by atoms with van der Waals surface area (Å²) in [7, 11) is 0. The molecule has 42 valence electrons. The van der Waals surface area contributed by atoms with Crippen LogP contribution in [0.25, 0.3) is 0 Å². The first kappa shape index (κ1) is 5.74. The molecule has 0 fully saturated rings. The van der Waals surface area contributed by atoms with Crippen LogP contribution in [-0.4, -0.2) is 10.2 Å². The molecule has 0 saturated heterocycles. The molecular formula is C4H4IN3. The van der Waals surface area contributed by atoms with Crippen LogP contribution in [0.5, 0.6) is 0 Å². The highest BCUT2D eigenvalue weighted by molar-refractivity contribution is 14.1. The molecule has 0 aliphatic carbocycles. The lowest BCUT2D eigenvalue weighted by Gasteiger charge is -1.87. The van der Waals surface area contributed by atoms with Crippen molar-refractivity contribution in [3.05, 3.63) is 15.8 Å². The van der Waals surface area contributed by atoms with Gasteiger partial charge in [-0.2, -0.15) is 5.10 Å². The summed E-state index contributed by atoms with van der Waals surface area (Å²) in [5, 5.41) is 7.16. The second-order valence-corrected chi connectivity index (χ2v) is 2.54. The Morgan fingerprint density at radius 2 is 2.38 bits per heavy atom. The minimum Gasteiger partial charge on any atom is -0.382 e. The minimum atomic E-state index is 0.469. The SMILES string of the molecule is Nc1cc(I)cnn1. The summed E-state index contributed by atoms with van der Waals surface area (Å²) in [6.07, 6.45) is 1.65. The van der Waals surface area contributed by atoms with Crippen LogP contribution in [0, 0.1) is 3.57 Å². The van der Waals surface area contributed by atoms with E-state index in [1.807, 2.05) is 0 Å². The Morgan fingerprint density at radius 1 is 1.62 bits per heavy atom. The molecule has 0 atom stereocenters. The number of hydrogen-bond donors (Lipinski definition) is 1. The van der Waals surface area contributed by atoms with Crippen molar-refractivity contribution >= 4 is 28.4 Å². The third-order valence-corrected chi connectivity index (χ3v) is 1.23. The lowest BCUT2D eigenvalue weighted by atomic mass is 10.6. The molecule has 0 spiro atoms. The molecule has 0 radical (unpaired) electrons. The molecule has 0 aliphatic heterocycles. The molecule has 0 amide bonds. The molecule has 3 nitrogen and oxygen atoms in total. The average Bonchev–Trinajstić information content (AvgIpc) is 1.64. The van der Waals surface area contributed by atoms with E-state index in [4.69, 9.17) is 5.73 Å². The Morgan fingerprint density at radius 3 is 2.75 bits per heavy atom. The molecular weight excluding hydrogens is 217 g/mol. The van der Waals surface area contributed by atoms with Gasteiger partial charge in [0.25, 0.3) is 0 Å². The number of halogens is 1. The lowest BCUT2D eigenvalue weighted by molar-refractivity contribution is 1.03. The van der Waals surface area contributed by atoms with Crippen molar-refractivity contribution in [2.45, 2.75) is 0 Å². The smallest absolute Gasteiger partial charge is 0.147 e. The summed E-state index contributed by atoms with van der Waals surface area (Å²) in [6, 6.07) is 1.76. The zero-order valence-corrected chi connectivity index (χ0v) is 6.16. The highest BCUT2D eigenvalue weighted by Crippen LogP contribution is 2.02. The van der Waals surface area contributed by atoms with Crippen LogP contribution in [0.2, 0.25) is 0 Å². The summed E-state index contributed by atoms with van der Waals surface area (Å²) in [4.78, 5) is 0. The summed E-state index contributed by atoms with van der Waals surface area (Å²) >= 11 is 2.12. The minimum absolute atomic E-state index is 0.469. The monoisotopic (exact) mass is 221 g/mol. The summed E-state index contributed by atoms with van der Waals surface area (Å²) in [5.41, 5.74) is 5.28. The van der Waals surface area contributed by atoms with Crippen LogP contribution in [0.1, 0.15) is 0 Å². The Kier molecular flexibility index (Phi) is 1.62. The van der Waals surface area contributed by atoms with Gasteiger partial charge >= 0.3 is 0 Å². The van der Waals surface area contributed by atoms with E-state index in [2.05, 4.69) is 32.8 Å². The number of rotatable bonds is 0. The number of nitrogens with zero attached hydrogens (tertiary/aromatic N) is 2. The zero-order chi connectivity index (χ0) is 5.98. The first-order chi connectivity index (χ1) is 3.79. The second-order valence-electron chi connectivity index (χ2n) is 1.30. The third kappa shape index (κ3) is 1.29. The van der Waals surface area contributed by atoms with Crippen molar-refractivity contribution in [1.29, 1.82) is 0 Å². The van der Waals surface area contributed by atoms with Gasteiger partial charge in [0.15, 0.2) is 0 Å². The Labute approximate surface area is 60.4 Å². The molecule has 1 aromatic rings. The van der Waals surface area contributed by atoms with Crippen molar-refractivity contribution in [3.63, 3.8) is 0 Å². The second kappa shape index (κ2) is 2.25. The summed E-state index contributed by atoms with van der Waals surface area (Å²) in [5.74, 6) is 0.469. The van der Waals surface area contributed by atoms with Crippen LogP contribution in [-0.2, 0) is 0 Å². The van der Waals surface area contributed by atoms with Crippen LogP contribution in [0.3, 0.4) is 0 Å². The first-order valence-electron chi connectivity index (χ1n) is 2.03. The number of hydrogen-bond acceptors (Lipinski definition) is 3. The molecule has 1 heterocycles. The quantitative estimate of drug-likeness (QED) is 0.654. The van der Waals surface area contributed by atoms with Crippen LogP contribution >= 0.6 is 22.6 Å². The molecule has 4 heteroatoms. The van der Waals surface area contributed by atoms with Crippen molar-refractivity contribution < 1.29 is 0 Å². The topological polar surface area (TPSA) is 51.8 Å². The Balaban J connectivity index is 3.08. The van der Waals surface area contributed by atoms with Gasteiger partial charge < -0.3 is 5.73 Å². The van der Waals surface area contributed by atoms with Crippen LogP contribution in [0.4, 0.5) is 5.82 Å². The van der Waals surface area contributed by atoms with E-state index >= 15 is 0 Å². The highest BCUT2D eigenvalue weighted by atomic mass is 127. The average molecular weight is 221 g/mol. The lowest BCUT2D eigenvalue weighted by Crippen LogP contribution is -1.91. The molecule has 0 unspecified atom stereocenters. The van der Waals surface area contributed by atoms with E-state index in [1.54, 1.807) is 12.3 Å². The van der Waals surface area contributed by atoms with Gasteiger partial charge in [-0.3, -0.25) is 0 Å². The number of aromatic nitrogens is 2. The predicted octanol–water partition coefficient (Wildman–Crippen LogP) is 0.663. The molecule has 2 N–H and O–H groups in total. The molecule has 0 bridgehead atoms. The van der Waals surface area contributed by atoms with Crippen LogP contribution < -0.4 is 5.73 Å².